The number of nitro groups is 1. The van der Waals surface area contributed by atoms with Crippen molar-refractivity contribution in [1.82, 2.24) is 0 Å². The van der Waals surface area contributed by atoms with Gasteiger partial charge in [0.25, 0.3) is 0 Å². The lowest BCUT2D eigenvalue weighted by molar-refractivity contribution is -0.380. The van der Waals surface area contributed by atoms with Crippen LogP contribution in [0.5, 0.6) is 0 Å². The van der Waals surface area contributed by atoms with Crippen LogP contribution in [-0.4, -0.2) is 22.3 Å². The zero-order valence-electron chi connectivity index (χ0n) is 7.80. The molecule has 1 rings (SSSR count). The Balaban J connectivity index is 3.05. The number of carbonyl (C=O) groups excluding carboxylic acids is 1. The molecule has 0 bridgehead atoms. The molecule has 1 N–H and O–H groups in total. The summed E-state index contributed by atoms with van der Waals surface area (Å²) in [5, 5.41) is 18.6. The minimum absolute atomic E-state index is 0.0679. The largest absolute Gasteiger partial charge is 0.481 e. The molecule has 82 valence electrons. The van der Waals surface area contributed by atoms with Gasteiger partial charge in [-0.15, -0.1) is 0 Å². The van der Waals surface area contributed by atoms with Gasteiger partial charge in [-0.1, -0.05) is 23.2 Å². The fourth-order valence-corrected chi connectivity index (χ4v) is 1.64. The van der Waals surface area contributed by atoms with Gasteiger partial charge in [0.1, 0.15) is 12.0 Å². The van der Waals surface area contributed by atoms with Crippen molar-refractivity contribution in [3.8, 4) is 11.8 Å². The lowest BCUT2D eigenvalue weighted by atomic mass is 10.3. The summed E-state index contributed by atoms with van der Waals surface area (Å²) in [5.74, 6) is 3.52. The third kappa shape index (κ3) is 2.90. The van der Waals surface area contributed by atoms with E-state index in [1.165, 1.54) is 6.07 Å². The van der Waals surface area contributed by atoms with Crippen LogP contribution in [-0.2, 0) is 4.79 Å². The molecule has 16 heavy (non-hydrogen) atoms. The molecule has 0 spiro atoms. The van der Waals surface area contributed by atoms with Crippen molar-refractivity contribution >= 4 is 28.6 Å². The summed E-state index contributed by atoms with van der Waals surface area (Å²) in [6.07, 6.45) is 0.0868. The minimum atomic E-state index is -1.11. The number of thiophene rings is 1. The molecule has 1 aromatic heterocycles. The minimum Gasteiger partial charge on any atom is -0.481 e. The van der Waals surface area contributed by atoms with E-state index in [1.807, 2.05) is 0 Å². The summed E-state index contributed by atoms with van der Waals surface area (Å²) in [6.45, 7) is 0. The number of rotatable bonds is 3. The molecular weight excluding hydrogens is 234 g/mol. The second kappa shape index (κ2) is 5.04. The van der Waals surface area contributed by atoms with E-state index in [4.69, 9.17) is 5.11 Å². The van der Waals surface area contributed by atoms with Crippen LogP contribution in [0, 0.1) is 22.0 Å². The highest BCUT2D eigenvalue weighted by molar-refractivity contribution is 7.17. The van der Waals surface area contributed by atoms with Crippen molar-refractivity contribution in [3.05, 3.63) is 26.6 Å². The van der Waals surface area contributed by atoms with Gasteiger partial charge in [-0.2, -0.15) is 0 Å². The number of aliphatic carboxylic acids is 1. The maximum atomic E-state index is 10.6. The van der Waals surface area contributed by atoms with Crippen molar-refractivity contribution < 1.29 is 19.6 Å². The summed E-state index contributed by atoms with van der Waals surface area (Å²) in [7, 11) is 0. The third-order valence-corrected chi connectivity index (χ3v) is 2.49. The maximum absolute atomic E-state index is 10.6. The zero-order valence-corrected chi connectivity index (χ0v) is 8.61. The number of carbonyl (C=O) groups is 2. The summed E-state index contributed by atoms with van der Waals surface area (Å²) < 4.78 is 0. The number of hydrogen-bond acceptors (Lipinski definition) is 5. The van der Waals surface area contributed by atoms with Crippen molar-refractivity contribution in [3.63, 3.8) is 0 Å². The standard InChI is InChI=1S/C9H5NO5S/c11-5-7-4-6(2-1-3-8(12)13)9(16-7)10(14)15/h4-5H,3H2,(H,12,13). The van der Waals surface area contributed by atoms with Crippen LogP contribution in [0.15, 0.2) is 6.07 Å². The van der Waals surface area contributed by atoms with Crippen molar-refractivity contribution in [2.75, 3.05) is 0 Å². The molecule has 1 heterocycles. The predicted molar refractivity (Wildman–Crippen MR) is 55.5 cm³/mol. The molecule has 0 saturated heterocycles. The van der Waals surface area contributed by atoms with E-state index in [2.05, 4.69) is 11.8 Å². The van der Waals surface area contributed by atoms with E-state index < -0.39 is 17.3 Å². The number of aldehydes is 1. The predicted octanol–water partition coefficient (Wildman–Crippen LogP) is 1.29. The van der Waals surface area contributed by atoms with Crippen LogP contribution < -0.4 is 0 Å². The van der Waals surface area contributed by atoms with Crippen LogP contribution >= 0.6 is 11.3 Å². The first kappa shape index (κ1) is 11.9. The van der Waals surface area contributed by atoms with Crippen molar-refractivity contribution in [2.45, 2.75) is 6.42 Å². The fourth-order valence-electron chi connectivity index (χ4n) is 0.898. The van der Waals surface area contributed by atoms with Gasteiger partial charge in [0, 0.05) is 0 Å². The highest BCUT2D eigenvalue weighted by Gasteiger charge is 2.17. The van der Waals surface area contributed by atoms with Crippen molar-refractivity contribution in [2.24, 2.45) is 0 Å². The number of hydrogen-bond donors (Lipinski definition) is 1. The van der Waals surface area contributed by atoms with Gasteiger partial charge in [-0.05, 0) is 6.07 Å². The molecule has 0 aliphatic carbocycles. The summed E-state index contributed by atoms with van der Waals surface area (Å²) in [4.78, 5) is 30.7. The molecule has 6 nitrogen and oxygen atoms in total. The van der Waals surface area contributed by atoms with E-state index in [-0.39, 0.29) is 15.4 Å². The van der Waals surface area contributed by atoms with Crippen molar-refractivity contribution in [1.29, 1.82) is 0 Å². The van der Waals surface area contributed by atoms with Gasteiger partial charge in [-0.25, -0.2) is 0 Å². The topological polar surface area (TPSA) is 97.5 Å². The molecule has 0 atom stereocenters. The van der Waals surface area contributed by atoms with Crippen LogP contribution in [0.1, 0.15) is 21.7 Å². The SMILES string of the molecule is O=Cc1cc(C#CCC(=O)O)c([N+](=O)[O-])s1. The lowest BCUT2D eigenvalue weighted by Crippen LogP contribution is -1.90. The fraction of sp³-hybridized carbons (Fsp3) is 0.111. The average molecular weight is 239 g/mol. The van der Waals surface area contributed by atoms with Gasteiger partial charge in [-0.3, -0.25) is 19.7 Å². The van der Waals surface area contributed by atoms with Crippen LogP contribution in [0.4, 0.5) is 5.00 Å². The second-order valence-corrected chi connectivity index (χ2v) is 3.68. The molecule has 7 heteroatoms. The van der Waals surface area contributed by atoms with Gasteiger partial charge in [0.2, 0.25) is 0 Å². The second-order valence-electron chi connectivity index (χ2n) is 2.61. The molecule has 0 unspecified atom stereocenters. The van der Waals surface area contributed by atoms with Gasteiger partial charge in [0.15, 0.2) is 6.29 Å². The highest BCUT2D eigenvalue weighted by Crippen LogP contribution is 2.28. The summed E-state index contributed by atoms with van der Waals surface area (Å²) in [6, 6.07) is 1.27. The Kier molecular flexibility index (Phi) is 3.74. The maximum Gasteiger partial charge on any atom is 0.340 e. The van der Waals surface area contributed by atoms with E-state index >= 15 is 0 Å². The van der Waals surface area contributed by atoms with Crippen LogP contribution in [0.25, 0.3) is 0 Å². The number of carboxylic acids is 1. The monoisotopic (exact) mass is 239 g/mol. The lowest BCUT2D eigenvalue weighted by Gasteiger charge is -1.84. The molecular formula is C9H5NO5S. The Bertz CT molecular complexity index is 508. The summed E-state index contributed by atoms with van der Waals surface area (Å²) in [5.41, 5.74) is 0.0679. The van der Waals surface area contributed by atoms with Crippen LogP contribution in [0.3, 0.4) is 0 Å². The quantitative estimate of drug-likeness (QED) is 0.371. The Hall–Kier alpha value is -2.20. The molecule has 0 aliphatic heterocycles. The molecule has 0 aliphatic rings. The highest BCUT2D eigenvalue weighted by atomic mass is 32.1. The first-order chi connectivity index (χ1) is 7.54. The third-order valence-electron chi connectivity index (χ3n) is 1.48. The Morgan fingerprint density at radius 2 is 2.38 bits per heavy atom. The van der Waals surface area contributed by atoms with E-state index in [0.29, 0.717) is 17.6 Å². The Morgan fingerprint density at radius 3 is 2.88 bits per heavy atom. The first-order valence-corrected chi connectivity index (χ1v) is 4.80. The normalized spacial score (nSPS) is 9.00. The van der Waals surface area contributed by atoms with Gasteiger partial charge >= 0.3 is 11.0 Å². The van der Waals surface area contributed by atoms with Crippen LogP contribution in [0.2, 0.25) is 0 Å². The Morgan fingerprint density at radius 1 is 1.69 bits per heavy atom. The molecule has 0 aromatic carbocycles. The molecule has 0 saturated carbocycles. The number of carboxylic acid groups (broad SMARTS) is 1. The Labute approximate surface area is 93.7 Å². The molecule has 0 fully saturated rings. The summed E-state index contributed by atoms with van der Waals surface area (Å²) >= 11 is 0.709. The number of nitrogens with zero attached hydrogens (tertiary/aromatic N) is 1. The van der Waals surface area contributed by atoms with E-state index in [0.717, 1.165) is 0 Å². The van der Waals surface area contributed by atoms with E-state index in [1.54, 1.807) is 0 Å². The van der Waals surface area contributed by atoms with Gasteiger partial charge < -0.3 is 5.11 Å². The van der Waals surface area contributed by atoms with Gasteiger partial charge in [0.05, 0.1) is 9.80 Å². The van der Waals surface area contributed by atoms with E-state index in [9.17, 15) is 19.7 Å². The molecule has 0 amide bonds. The molecule has 1 aromatic rings. The zero-order chi connectivity index (χ0) is 12.1. The average Bonchev–Trinajstić information content (AvgIpc) is 2.60. The first-order valence-electron chi connectivity index (χ1n) is 3.98. The smallest absolute Gasteiger partial charge is 0.340 e. The molecule has 0 radical (unpaired) electrons.